The van der Waals surface area contributed by atoms with Crippen molar-refractivity contribution in [2.24, 2.45) is 0 Å². The second-order valence-electron chi connectivity index (χ2n) is 7.19. The van der Waals surface area contributed by atoms with Gasteiger partial charge in [0.2, 0.25) is 11.7 Å². The number of halogens is 3. The molecule has 0 aliphatic carbocycles. The van der Waals surface area contributed by atoms with Crippen LogP contribution in [0.2, 0.25) is 0 Å². The van der Waals surface area contributed by atoms with Crippen molar-refractivity contribution >= 4 is 16.9 Å². The first kappa shape index (κ1) is 21.4. The van der Waals surface area contributed by atoms with Crippen LogP contribution in [-0.2, 0) is 17.5 Å². The van der Waals surface area contributed by atoms with Crippen molar-refractivity contribution in [3.05, 3.63) is 95.8 Å². The SMILES string of the molecule is COc1ccc(C(NC(=O)Cn2c(C(F)(F)F)nc3ccccc32)c2ccccc2)cc1. The highest BCUT2D eigenvalue weighted by atomic mass is 19.4. The molecule has 4 aromatic rings. The van der Waals surface area contributed by atoms with Crippen LogP contribution in [-0.4, -0.2) is 22.6 Å². The molecule has 0 aliphatic rings. The van der Waals surface area contributed by atoms with E-state index in [1.54, 1.807) is 31.4 Å². The highest BCUT2D eigenvalue weighted by Gasteiger charge is 2.38. The molecule has 1 amide bonds. The van der Waals surface area contributed by atoms with Gasteiger partial charge in [-0.05, 0) is 35.4 Å². The molecule has 0 spiro atoms. The van der Waals surface area contributed by atoms with E-state index in [4.69, 9.17) is 4.74 Å². The number of carbonyl (C=O) groups excluding carboxylic acids is 1. The lowest BCUT2D eigenvalue weighted by atomic mass is 9.98. The van der Waals surface area contributed by atoms with E-state index in [0.29, 0.717) is 5.75 Å². The van der Waals surface area contributed by atoms with E-state index in [0.717, 1.165) is 15.7 Å². The maximum Gasteiger partial charge on any atom is 0.449 e. The smallest absolute Gasteiger partial charge is 0.449 e. The number of carbonyl (C=O) groups is 1. The van der Waals surface area contributed by atoms with E-state index < -0.39 is 30.5 Å². The number of alkyl halides is 3. The van der Waals surface area contributed by atoms with Gasteiger partial charge in [-0.2, -0.15) is 13.2 Å². The van der Waals surface area contributed by atoms with E-state index in [9.17, 15) is 18.0 Å². The minimum Gasteiger partial charge on any atom is -0.497 e. The van der Waals surface area contributed by atoms with Crippen LogP contribution >= 0.6 is 0 Å². The maximum atomic E-state index is 13.6. The summed E-state index contributed by atoms with van der Waals surface area (Å²) in [7, 11) is 1.55. The van der Waals surface area contributed by atoms with Gasteiger partial charge in [-0.3, -0.25) is 4.79 Å². The third kappa shape index (κ3) is 4.44. The molecule has 4 rings (SSSR count). The number of fused-ring (bicyclic) bond motifs is 1. The Kier molecular flexibility index (Phi) is 5.85. The fraction of sp³-hybridized carbons (Fsp3) is 0.167. The average molecular weight is 439 g/mol. The largest absolute Gasteiger partial charge is 0.497 e. The Morgan fingerprint density at radius 1 is 0.969 bits per heavy atom. The first-order valence-electron chi connectivity index (χ1n) is 9.87. The first-order chi connectivity index (χ1) is 15.4. The van der Waals surface area contributed by atoms with Crippen molar-refractivity contribution in [3.63, 3.8) is 0 Å². The number of hydrogen-bond acceptors (Lipinski definition) is 3. The molecule has 0 bridgehead atoms. The van der Waals surface area contributed by atoms with Gasteiger partial charge >= 0.3 is 6.18 Å². The van der Waals surface area contributed by atoms with E-state index in [1.807, 2.05) is 42.5 Å². The molecule has 0 aliphatic heterocycles. The zero-order valence-corrected chi connectivity index (χ0v) is 17.1. The zero-order chi connectivity index (χ0) is 22.7. The van der Waals surface area contributed by atoms with E-state index in [1.165, 1.54) is 12.1 Å². The second kappa shape index (κ2) is 8.74. The van der Waals surface area contributed by atoms with Gasteiger partial charge in [0.15, 0.2) is 0 Å². The Morgan fingerprint density at radius 3 is 2.25 bits per heavy atom. The van der Waals surface area contributed by atoms with Crippen LogP contribution in [0.3, 0.4) is 0 Å². The second-order valence-corrected chi connectivity index (χ2v) is 7.19. The number of hydrogen-bond donors (Lipinski definition) is 1. The molecule has 0 saturated carbocycles. The average Bonchev–Trinajstić information content (AvgIpc) is 3.17. The normalized spacial score (nSPS) is 12.5. The number of imidazole rings is 1. The predicted octanol–water partition coefficient (Wildman–Crippen LogP) is 4.97. The molecule has 1 unspecified atom stereocenters. The Balaban J connectivity index is 1.66. The number of para-hydroxylation sites is 2. The van der Waals surface area contributed by atoms with Gasteiger partial charge < -0.3 is 14.6 Å². The highest BCUT2D eigenvalue weighted by molar-refractivity contribution is 5.81. The minimum absolute atomic E-state index is 0.183. The molecule has 1 N–H and O–H groups in total. The molecule has 164 valence electrons. The summed E-state index contributed by atoms with van der Waals surface area (Å²) in [5, 5.41) is 2.87. The molecule has 1 aromatic heterocycles. The van der Waals surface area contributed by atoms with Gasteiger partial charge in [0.25, 0.3) is 0 Å². The molecule has 8 heteroatoms. The van der Waals surface area contributed by atoms with Crippen LogP contribution in [0.15, 0.2) is 78.9 Å². The van der Waals surface area contributed by atoms with Gasteiger partial charge in [-0.25, -0.2) is 4.98 Å². The van der Waals surface area contributed by atoms with Crippen LogP contribution in [0.5, 0.6) is 5.75 Å². The number of methoxy groups -OCH3 is 1. The third-order valence-electron chi connectivity index (χ3n) is 5.10. The van der Waals surface area contributed by atoms with Gasteiger partial charge in [0.05, 0.1) is 24.2 Å². The van der Waals surface area contributed by atoms with Crippen molar-refractivity contribution in [3.8, 4) is 5.75 Å². The lowest BCUT2D eigenvalue weighted by molar-refractivity contribution is -0.147. The number of amides is 1. The van der Waals surface area contributed by atoms with Crippen molar-refractivity contribution in [1.82, 2.24) is 14.9 Å². The molecular weight excluding hydrogens is 419 g/mol. The molecule has 0 saturated heterocycles. The number of ether oxygens (including phenoxy) is 1. The molecule has 0 fully saturated rings. The summed E-state index contributed by atoms with van der Waals surface area (Å²) in [5.74, 6) is -1.01. The lowest BCUT2D eigenvalue weighted by Gasteiger charge is -2.21. The van der Waals surface area contributed by atoms with Gasteiger partial charge in [0.1, 0.15) is 12.3 Å². The topological polar surface area (TPSA) is 56.1 Å². The van der Waals surface area contributed by atoms with E-state index in [2.05, 4.69) is 10.3 Å². The van der Waals surface area contributed by atoms with E-state index >= 15 is 0 Å². The number of rotatable bonds is 6. The number of aromatic nitrogens is 2. The predicted molar refractivity (Wildman–Crippen MR) is 114 cm³/mol. The summed E-state index contributed by atoms with van der Waals surface area (Å²) in [6.45, 7) is -0.519. The first-order valence-corrected chi connectivity index (χ1v) is 9.87. The monoisotopic (exact) mass is 439 g/mol. The quantitative estimate of drug-likeness (QED) is 0.462. The molecular formula is C24H20F3N3O2. The fourth-order valence-corrected chi connectivity index (χ4v) is 3.60. The van der Waals surface area contributed by atoms with Crippen LogP contribution in [0.25, 0.3) is 11.0 Å². The van der Waals surface area contributed by atoms with Crippen LogP contribution in [0, 0.1) is 0 Å². The molecule has 0 radical (unpaired) electrons. The standard InChI is InChI=1S/C24H20F3N3O2/c1-32-18-13-11-17(12-14-18)22(16-7-3-2-4-8-16)29-21(31)15-30-20-10-6-5-9-19(20)28-23(30)24(25,26)27/h2-14,22H,15H2,1H3,(H,29,31). The van der Waals surface area contributed by atoms with Gasteiger partial charge in [-0.15, -0.1) is 0 Å². The third-order valence-corrected chi connectivity index (χ3v) is 5.10. The van der Waals surface area contributed by atoms with Crippen molar-refractivity contribution in [2.75, 3.05) is 7.11 Å². The Morgan fingerprint density at radius 2 is 1.59 bits per heavy atom. The number of nitrogens with zero attached hydrogens (tertiary/aromatic N) is 2. The Hall–Kier alpha value is -3.81. The summed E-state index contributed by atoms with van der Waals surface area (Å²) in [4.78, 5) is 16.7. The number of nitrogens with one attached hydrogen (secondary N) is 1. The maximum absolute atomic E-state index is 13.6. The van der Waals surface area contributed by atoms with E-state index in [-0.39, 0.29) is 11.0 Å². The molecule has 1 heterocycles. The van der Waals surface area contributed by atoms with Crippen LogP contribution in [0.4, 0.5) is 13.2 Å². The van der Waals surface area contributed by atoms with Crippen molar-refractivity contribution < 1.29 is 22.7 Å². The minimum atomic E-state index is -4.69. The van der Waals surface area contributed by atoms with Crippen molar-refractivity contribution in [1.29, 1.82) is 0 Å². The van der Waals surface area contributed by atoms with Crippen molar-refractivity contribution in [2.45, 2.75) is 18.8 Å². The van der Waals surface area contributed by atoms with Gasteiger partial charge in [-0.1, -0.05) is 54.6 Å². The lowest BCUT2D eigenvalue weighted by Crippen LogP contribution is -2.33. The van der Waals surface area contributed by atoms with Crippen LogP contribution in [0.1, 0.15) is 23.0 Å². The summed E-state index contributed by atoms with van der Waals surface area (Å²) < 4.78 is 46.8. The summed E-state index contributed by atoms with van der Waals surface area (Å²) in [6.07, 6.45) is -4.69. The molecule has 32 heavy (non-hydrogen) atoms. The fourth-order valence-electron chi connectivity index (χ4n) is 3.60. The Bertz CT molecular complexity index is 1220. The molecule has 1 atom stereocenters. The van der Waals surface area contributed by atoms with Gasteiger partial charge in [0, 0.05) is 0 Å². The summed E-state index contributed by atoms with van der Waals surface area (Å²) >= 11 is 0. The highest BCUT2D eigenvalue weighted by Crippen LogP contribution is 2.31. The number of benzene rings is 3. The summed E-state index contributed by atoms with van der Waals surface area (Å²) in [5.41, 5.74) is 2.01. The van der Waals surface area contributed by atoms with Crippen LogP contribution < -0.4 is 10.1 Å². The molecule has 5 nitrogen and oxygen atoms in total. The Labute approximate surface area is 182 Å². The summed E-state index contributed by atoms with van der Waals surface area (Å²) in [6, 6.07) is 22.1. The zero-order valence-electron chi connectivity index (χ0n) is 17.1. The molecule has 3 aromatic carbocycles.